The van der Waals surface area contributed by atoms with Crippen LogP contribution in [0.2, 0.25) is 0 Å². The molecule has 7 heteroatoms. The average Bonchev–Trinajstić information content (AvgIpc) is 2.43. The topological polar surface area (TPSA) is 88.2 Å². The van der Waals surface area contributed by atoms with Gasteiger partial charge in [-0.25, -0.2) is 0 Å². The van der Waals surface area contributed by atoms with Crippen LogP contribution in [0.4, 0.5) is 5.69 Å². The minimum absolute atomic E-state index is 0.0195. The van der Waals surface area contributed by atoms with E-state index in [0.29, 0.717) is 29.7 Å². The monoisotopic (exact) mass is 355 g/mol. The molecule has 0 heterocycles. The zero-order valence-electron chi connectivity index (χ0n) is 12.1. The van der Waals surface area contributed by atoms with E-state index in [0.717, 1.165) is 6.54 Å². The Kier molecular flexibility index (Phi) is 6.59. The Morgan fingerprint density at radius 1 is 1.52 bits per heavy atom. The van der Waals surface area contributed by atoms with Crippen LogP contribution in [0.5, 0.6) is 5.75 Å². The Morgan fingerprint density at radius 3 is 2.81 bits per heavy atom. The summed E-state index contributed by atoms with van der Waals surface area (Å²) in [5.41, 5.74) is -0.588. The van der Waals surface area contributed by atoms with Gasteiger partial charge in [0.05, 0.1) is 23.7 Å². The minimum atomic E-state index is -0.568. The number of nitrogens with zero attached hydrogens (tertiary/aromatic N) is 2. The van der Waals surface area contributed by atoms with E-state index in [1.807, 2.05) is 13.8 Å². The molecule has 0 aliphatic carbocycles. The molecule has 0 radical (unpaired) electrons. The summed E-state index contributed by atoms with van der Waals surface area (Å²) in [6.45, 7) is 4.92. The van der Waals surface area contributed by atoms with Gasteiger partial charge in [0.1, 0.15) is 11.3 Å². The van der Waals surface area contributed by atoms with Crippen molar-refractivity contribution in [1.29, 1.82) is 5.26 Å². The normalized spacial score (nSPS) is 13.2. The van der Waals surface area contributed by atoms with Gasteiger partial charge in [-0.2, -0.15) is 5.26 Å². The van der Waals surface area contributed by atoms with Crippen LogP contribution in [-0.4, -0.2) is 23.6 Å². The zero-order chi connectivity index (χ0) is 15.9. The molecule has 0 aromatic heterocycles. The molecule has 0 aliphatic heterocycles. The van der Waals surface area contributed by atoms with Crippen LogP contribution in [0.15, 0.2) is 22.7 Å². The van der Waals surface area contributed by atoms with E-state index in [1.54, 1.807) is 6.07 Å². The summed E-state index contributed by atoms with van der Waals surface area (Å²) >= 11 is 3.22. The Morgan fingerprint density at radius 2 is 2.24 bits per heavy atom. The maximum atomic E-state index is 10.8. The van der Waals surface area contributed by atoms with Crippen molar-refractivity contribution in [3.63, 3.8) is 0 Å². The van der Waals surface area contributed by atoms with Crippen molar-refractivity contribution in [3.8, 4) is 11.8 Å². The van der Waals surface area contributed by atoms with Gasteiger partial charge in [-0.1, -0.05) is 22.9 Å². The molecule has 0 spiro atoms. The molecule has 1 atom stereocenters. The lowest BCUT2D eigenvalue weighted by molar-refractivity contribution is -0.385. The molecule has 1 aromatic carbocycles. The standard InChI is InChI=1S/C14H18BrN3O3/c1-3-17-14(2,10-16)5-4-6-21-13-8-11(15)7-12(9-13)18(19)20/h7-9,17H,3-6H2,1-2H3. The van der Waals surface area contributed by atoms with E-state index in [9.17, 15) is 10.1 Å². The molecule has 21 heavy (non-hydrogen) atoms. The molecule has 1 rings (SSSR count). The number of nitro benzene ring substituents is 1. The summed E-state index contributed by atoms with van der Waals surface area (Å²) in [4.78, 5) is 10.3. The van der Waals surface area contributed by atoms with Crippen LogP contribution in [0, 0.1) is 21.4 Å². The molecule has 114 valence electrons. The molecule has 0 amide bonds. The van der Waals surface area contributed by atoms with Gasteiger partial charge in [0.15, 0.2) is 0 Å². The Bertz CT molecular complexity index is 545. The number of benzene rings is 1. The highest BCUT2D eigenvalue weighted by Crippen LogP contribution is 2.26. The predicted octanol–water partition coefficient (Wildman–Crippen LogP) is 3.41. The number of nitriles is 1. The van der Waals surface area contributed by atoms with Crippen LogP contribution in [0.3, 0.4) is 0 Å². The summed E-state index contributed by atoms with van der Waals surface area (Å²) in [6.07, 6.45) is 1.32. The lowest BCUT2D eigenvalue weighted by Gasteiger charge is -2.22. The second kappa shape index (κ2) is 7.96. The van der Waals surface area contributed by atoms with Gasteiger partial charge in [0.25, 0.3) is 5.69 Å². The van der Waals surface area contributed by atoms with Gasteiger partial charge >= 0.3 is 0 Å². The first-order chi connectivity index (χ1) is 9.90. The van der Waals surface area contributed by atoms with Gasteiger partial charge in [0, 0.05) is 10.5 Å². The van der Waals surface area contributed by atoms with Crippen LogP contribution in [0.25, 0.3) is 0 Å². The van der Waals surface area contributed by atoms with Gasteiger partial charge in [-0.15, -0.1) is 0 Å². The third kappa shape index (κ3) is 5.69. The van der Waals surface area contributed by atoms with E-state index in [1.165, 1.54) is 12.1 Å². The van der Waals surface area contributed by atoms with Gasteiger partial charge in [-0.05, 0) is 32.4 Å². The third-order valence-electron chi connectivity index (χ3n) is 2.97. The van der Waals surface area contributed by atoms with Crippen LogP contribution in [0.1, 0.15) is 26.7 Å². The maximum absolute atomic E-state index is 10.8. The number of halogens is 1. The van der Waals surface area contributed by atoms with Crippen molar-refractivity contribution in [2.24, 2.45) is 0 Å². The number of non-ortho nitro benzene ring substituents is 1. The fraction of sp³-hybridized carbons (Fsp3) is 0.500. The second-order valence-corrected chi connectivity index (χ2v) is 5.74. The number of hydrogen-bond acceptors (Lipinski definition) is 5. The number of nitrogens with one attached hydrogen (secondary N) is 1. The predicted molar refractivity (Wildman–Crippen MR) is 83.2 cm³/mol. The number of nitro groups is 1. The number of rotatable bonds is 8. The second-order valence-electron chi connectivity index (χ2n) is 4.83. The Labute approximate surface area is 132 Å². The van der Waals surface area contributed by atoms with Crippen molar-refractivity contribution < 1.29 is 9.66 Å². The smallest absolute Gasteiger partial charge is 0.274 e. The van der Waals surface area contributed by atoms with E-state index >= 15 is 0 Å². The van der Waals surface area contributed by atoms with Gasteiger partial charge < -0.3 is 4.74 Å². The van der Waals surface area contributed by atoms with Crippen molar-refractivity contribution in [2.45, 2.75) is 32.2 Å². The molecule has 1 unspecified atom stereocenters. The van der Waals surface area contributed by atoms with Crippen molar-refractivity contribution in [2.75, 3.05) is 13.2 Å². The Hall–Kier alpha value is -1.65. The molecule has 1 aromatic rings. The Balaban J connectivity index is 2.53. The van der Waals surface area contributed by atoms with E-state index in [-0.39, 0.29) is 5.69 Å². The SMILES string of the molecule is CCNC(C)(C#N)CCCOc1cc(Br)cc([N+](=O)[O-])c1. The molecule has 0 saturated carbocycles. The van der Waals surface area contributed by atoms with Crippen LogP contribution >= 0.6 is 15.9 Å². The number of ether oxygens (including phenoxy) is 1. The summed E-state index contributed by atoms with van der Waals surface area (Å²) in [5, 5.41) is 23.0. The molecule has 1 N–H and O–H groups in total. The van der Waals surface area contributed by atoms with E-state index in [4.69, 9.17) is 10.00 Å². The first-order valence-electron chi connectivity index (χ1n) is 6.64. The van der Waals surface area contributed by atoms with E-state index < -0.39 is 10.5 Å². The fourth-order valence-corrected chi connectivity index (χ4v) is 2.39. The van der Waals surface area contributed by atoms with E-state index in [2.05, 4.69) is 27.3 Å². The summed E-state index contributed by atoms with van der Waals surface area (Å²) < 4.78 is 6.12. The van der Waals surface area contributed by atoms with Gasteiger partial charge in [0.2, 0.25) is 0 Å². The van der Waals surface area contributed by atoms with Crippen molar-refractivity contribution in [1.82, 2.24) is 5.32 Å². The highest BCUT2D eigenvalue weighted by atomic mass is 79.9. The van der Waals surface area contributed by atoms with Crippen molar-refractivity contribution in [3.05, 3.63) is 32.8 Å². The largest absolute Gasteiger partial charge is 0.493 e. The summed E-state index contributed by atoms with van der Waals surface area (Å²) in [6, 6.07) is 6.74. The first-order valence-corrected chi connectivity index (χ1v) is 7.43. The molecular formula is C14H18BrN3O3. The van der Waals surface area contributed by atoms with Crippen molar-refractivity contribution >= 4 is 21.6 Å². The first kappa shape index (κ1) is 17.4. The molecule has 6 nitrogen and oxygen atoms in total. The van der Waals surface area contributed by atoms with Gasteiger partial charge in [-0.3, -0.25) is 15.4 Å². The highest BCUT2D eigenvalue weighted by Gasteiger charge is 2.21. The molecule has 0 bridgehead atoms. The van der Waals surface area contributed by atoms with Crippen LogP contribution < -0.4 is 10.1 Å². The highest BCUT2D eigenvalue weighted by molar-refractivity contribution is 9.10. The quantitative estimate of drug-likeness (QED) is 0.438. The minimum Gasteiger partial charge on any atom is -0.493 e. The zero-order valence-corrected chi connectivity index (χ0v) is 13.6. The lowest BCUT2D eigenvalue weighted by Crippen LogP contribution is -2.40. The lowest BCUT2D eigenvalue weighted by atomic mass is 9.98. The third-order valence-corrected chi connectivity index (χ3v) is 3.43. The molecular weight excluding hydrogens is 338 g/mol. The summed E-state index contributed by atoms with van der Waals surface area (Å²) in [7, 11) is 0. The average molecular weight is 356 g/mol. The number of hydrogen-bond donors (Lipinski definition) is 1. The molecule has 0 fully saturated rings. The van der Waals surface area contributed by atoms with Crippen LogP contribution in [-0.2, 0) is 0 Å². The molecule has 0 saturated heterocycles. The maximum Gasteiger partial charge on any atom is 0.274 e. The molecule has 0 aliphatic rings. The fourth-order valence-electron chi connectivity index (χ4n) is 1.93. The summed E-state index contributed by atoms with van der Waals surface area (Å²) in [5.74, 6) is 0.443.